The Balaban J connectivity index is 1.47. The molecule has 1 aliphatic rings. The van der Waals surface area contributed by atoms with Crippen molar-refractivity contribution in [2.75, 3.05) is 18.4 Å². The fraction of sp³-hybridized carbons (Fsp3) is 0.316. The van der Waals surface area contributed by atoms with E-state index in [0.29, 0.717) is 17.3 Å². The van der Waals surface area contributed by atoms with Gasteiger partial charge in [0.1, 0.15) is 12.4 Å². The van der Waals surface area contributed by atoms with Crippen LogP contribution in [0.2, 0.25) is 0 Å². The van der Waals surface area contributed by atoms with E-state index >= 15 is 0 Å². The first-order chi connectivity index (χ1) is 11.7. The molecule has 0 radical (unpaired) electrons. The van der Waals surface area contributed by atoms with Crippen molar-refractivity contribution in [3.8, 4) is 0 Å². The number of quaternary nitrogens is 1. The maximum atomic E-state index is 13.6. The lowest BCUT2D eigenvalue weighted by molar-refractivity contribution is -0.901. The van der Waals surface area contributed by atoms with Crippen molar-refractivity contribution in [3.05, 3.63) is 65.5 Å². The van der Waals surface area contributed by atoms with E-state index in [0.717, 1.165) is 12.1 Å². The van der Waals surface area contributed by atoms with Gasteiger partial charge < -0.3 is 15.5 Å². The molecule has 2 aromatic rings. The van der Waals surface area contributed by atoms with Crippen LogP contribution in [-0.4, -0.2) is 18.2 Å². The van der Waals surface area contributed by atoms with E-state index in [1.165, 1.54) is 37.6 Å². The van der Waals surface area contributed by atoms with Crippen molar-refractivity contribution >= 4 is 23.0 Å². The van der Waals surface area contributed by atoms with Gasteiger partial charge in [-0.1, -0.05) is 36.4 Å². The lowest BCUT2D eigenvalue weighted by Crippen LogP contribution is -3.08. The standard InChI is InChI=1S/C19H22FN3S/c20-17-5-1-2-6-18(17)22-19(24)21-13-15-7-9-16(10-8-15)14-23-11-3-4-12-23/h1-2,5-10H,3-4,11-14H2,(H2,21,22,24)/p+1. The summed E-state index contributed by atoms with van der Waals surface area (Å²) in [5, 5.41) is 6.42. The molecule has 1 saturated heterocycles. The first kappa shape index (κ1) is 16.9. The van der Waals surface area contributed by atoms with E-state index in [-0.39, 0.29) is 5.82 Å². The lowest BCUT2D eigenvalue weighted by atomic mass is 10.1. The van der Waals surface area contributed by atoms with E-state index in [9.17, 15) is 4.39 Å². The maximum Gasteiger partial charge on any atom is 0.171 e. The van der Waals surface area contributed by atoms with Gasteiger partial charge in [0, 0.05) is 24.9 Å². The molecule has 0 aliphatic carbocycles. The molecule has 1 aliphatic heterocycles. The molecular formula is C19H23FN3S+. The first-order valence-corrected chi connectivity index (χ1v) is 8.82. The highest BCUT2D eigenvalue weighted by Gasteiger charge is 2.15. The second kappa shape index (κ2) is 8.22. The van der Waals surface area contributed by atoms with Crippen molar-refractivity contribution in [1.29, 1.82) is 0 Å². The van der Waals surface area contributed by atoms with Crippen LogP contribution in [0.25, 0.3) is 0 Å². The number of thiocarbonyl (C=S) groups is 1. The molecule has 0 unspecified atom stereocenters. The van der Waals surface area contributed by atoms with E-state index in [1.807, 2.05) is 0 Å². The van der Waals surface area contributed by atoms with Crippen LogP contribution in [0.15, 0.2) is 48.5 Å². The van der Waals surface area contributed by atoms with Crippen LogP contribution in [0, 0.1) is 5.82 Å². The monoisotopic (exact) mass is 344 g/mol. The second-order valence-electron chi connectivity index (χ2n) is 6.24. The molecule has 3 N–H and O–H groups in total. The largest absolute Gasteiger partial charge is 0.358 e. The topological polar surface area (TPSA) is 28.5 Å². The summed E-state index contributed by atoms with van der Waals surface area (Å²) >= 11 is 5.22. The molecule has 24 heavy (non-hydrogen) atoms. The minimum Gasteiger partial charge on any atom is -0.358 e. The Morgan fingerprint density at radius 1 is 1.00 bits per heavy atom. The fourth-order valence-electron chi connectivity index (χ4n) is 3.03. The predicted molar refractivity (Wildman–Crippen MR) is 99.5 cm³/mol. The van der Waals surface area contributed by atoms with Crippen LogP contribution in [0.1, 0.15) is 24.0 Å². The van der Waals surface area contributed by atoms with Crippen molar-refractivity contribution in [1.82, 2.24) is 5.32 Å². The summed E-state index contributed by atoms with van der Waals surface area (Å²) in [5.74, 6) is -0.310. The fourth-order valence-corrected chi connectivity index (χ4v) is 3.21. The van der Waals surface area contributed by atoms with Crippen LogP contribution < -0.4 is 15.5 Å². The second-order valence-corrected chi connectivity index (χ2v) is 6.65. The Kier molecular flexibility index (Phi) is 5.77. The third-order valence-corrected chi connectivity index (χ3v) is 4.61. The molecule has 0 spiro atoms. The number of hydrogen-bond acceptors (Lipinski definition) is 1. The smallest absolute Gasteiger partial charge is 0.171 e. The third kappa shape index (κ3) is 4.76. The normalized spacial score (nSPS) is 14.5. The van der Waals surface area contributed by atoms with Crippen LogP contribution in [-0.2, 0) is 13.1 Å². The summed E-state index contributed by atoms with van der Waals surface area (Å²) < 4.78 is 13.6. The van der Waals surface area contributed by atoms with Crippen LogP contribution in [0.4, 0.5) is 10.1 Å². The lowest BCUT2D eigenvalue weighted by Gasteiger charge is -2.13. The molecule has 0 saturated carbocycles. The molecule has 5 heteroatoms. The van der Waals surface area contributed by atoms with Crippen molar-refractivity contribution < 1.29 is 9.29 Å². The van der Waals surface area contributed by atoms with E-state index in [1.54, 1.807) is 23.1 Å². The first-order valence-electron chi connectivity index (χ1n) is 8.41. The molecule has 1 fully saturated rings. The van der Waals surface area contributed by atoms with Gasteiger partial charge in [0.05, 0.1) is 18.8 Å². The minimum atomic E-state index is -0.310. The van der Waals surface area contributed by atoms with Gasteiger partial charge in [0.2, 0.25) is 0 Å². The molecule has 1 heterocycles. The molecule has 0 atom stereocenters. The van der Waals surface area contributed by atoms with Crippen molar-refractivity contribution in [2.24, 2.45) is 0 Å². The zero-order valence-corrected chi connectivity index (χ0v) is 14.5. The van der Waals surface area contributed by atoms with E-state index in [2.05, 4.69) is 34.9 Å². The number of likely N-dealkylation sites (tertiary alicyclic amines) is 1. The highest BCUT2D eigenvalue weighted by molar-refractivity contribution is 7.80. The van der Waals surface area contributed by atoms with Gasteiger partial charge in [-0.25, -0.2) is 4.39 Å². The van der Waals surface area contributed by atoms with Crippen LogP contribution >= 0.6 is 12.2 Å². The molecule has 3 rings (SSSR count). The SMILES string of the molecule is Fc1ccccc1NC(=S)NCc1ccc(C[NH+]2CCCC2)cc1. The number of anilines is 1. The van der Waals surface area contributed by atoms with E-state index in [4.69, 9.17) is 12.2 Å². The Labute approximate surface area is 147 Å². The molecule has 2 aromatic carbocycles. The Bertz CT molecular complexity index is 681. The number of halogens is 1. The quantitative estimate of drug-likeness (QED) is 0.728. The summed E-state index contributed by atoms with van der Waals surface area (Å²) in [6.45, 7) is 4.32. The zero-order chi connectivity index (χ0) is 16.8. The maximum absolute atomic E-state index is 13.6. The molecule has 0 bridgehead atoms. The average molecular weight is 344 g/mol. The predicted octanol–water partition coefficient (Wildman–Crippen LogP) is 2.49. The van der Waals surface area contributed by atoms with Gasteiger partial charge in [-0.2, -0.15) is 0 Å². The molecular weight excluding hydrogens is 321 g/mol. The Hall–Kier alpha value is -1.98. The summed E-state index contributed by atoms with van der Waals surface area (Å²) in [4.78, 5) is 1.68. The number of benzene rings is 2. The summed E-state index contributed by atoms with van der Waals surface area (Å²) in [7, 11) is 0. The average Bonchev–Trinajstić information content (AvgIpc) is 3.09. The zero-order valence-electron chi connectivity index (χ0n) is 13.6. The van der Waals surface area contributed by atoms with Crippen LogP contribution in [0.5, 0.6) is 0 Å². The Morgan fingerprint density at radius 2 is 1.67 bits per heavy atom. The van der Waals surface area contributed by atoms with Crippen LogP contribution in [0.3, 0.4) is 0 Å². The third-order valence-electron chi connectivity index (χ3n) is 4.36. The summed E-state index contributed by atoms with van der Waals surface area (Å²) in [6.07, 6.45) is 2.70. The van der Waals surface area contributed by atoms with Gasteiger partial charge >= 0.3 is 0 Å². The van der Waals surface area contributed by atoms with Gasteiger partial charge in [0.15, 0.2) is 5.11 Å². The van der Waals surface area contributed by atoms with Crippen molar-refractivity contribution in [2.45, 2.75) is 25.9 Å². The highest BCUT2D eigenvalue weighted by atomic mass is 32.1. The summed E-state index contributed by atoms with van der Waals surface area (Å²) in [5.41, 5.74) is 2.93. The molecule has 126 valence electrons. The number of rotatable bonds is 5. The van der Waals surface area contributed by atoms with Gasteiger partial charge in [0.25, 0.3) is 0 Å². The molecule has 3 nitrogen and oxygen atoms in total. The Morgan fingerprint density at radius 3 is 2.38 bits per heavy atom. The van der Waals surface area contributed by atoms with Crippen molar-refractivity contribution in [3.63, 3.8) is 0 Å². The molecule has 0 amide bonds. The highest BCUT2D eigenvalue weighted by Crippen LogP contribution is 2.12. The van der Waals surface area contributed by atoms with Gasteiger partial charge in [-0.05, 0) is 29.9 Å². The van der Waals surface area contributed by atoms with Gasteiger partial charge in [-0.15, -0.1) is 0 Å². The molecule has 0 aromatic heterocycles. The minimum absolute atomic E-state index is 0.310. The van der Waals surface area contributed by atoms with Gasteiger partial charge in [-0.3, -0.25) is 0 Å². The number of para-hydroxylation sites is 1. The number of hydrogen-bond donors (Lipinski definition) is 3. The van der Waals surface area contributed by atoms with E-state index < -0.39 is 0 Å². The number of nitrogens with one attached hydrogen (secondary N) is 3. The summed E-state index contributed by atoms with van der Waals surface area (Å²) in [6, 6.07) is 15.1.